The standard InChI is InChI=1S/C57H48N2Si/c1-37-23-31-53-48(33-37)49-34-40(38-15-8-7-9-16-38)24-32-54(49)59(53)42-27-30-47-50(35-42)57(2,3)51-36-55(45-20-12-13-21-46(45)56(47)51)58(41-25-28-43(29-26-41)60(4,5)6)52-22-14-18-39-17-10-11-19-44(39)52/h7-36H,1-6H3. The number of anilines is 3. The van der Waals surface area contributed by atoms with E-state index in [0.29, 0.717) is 0 Å². The zero-order valence-corrected chi connectivity index (χ0v) is 36.2. The Morgan fingerprint density at radius 1 is 0.483 bits per heavy atom. The molecule has 1 aliphatic rings. The highest BCUT2D eigenvalue weighted by Crippen LogP contribution is 2.55. The highest BCUT2D eigenvalue weighted by atomic mass is 28.3. The lowest BCUT2D eigenvalue weighted by Gasteiger charge is -2.31. The summed E-state index contributed by atoms with van der Waals surface area (Å²) in [5, 5.41) is 9.04. The highest BCUT2D eigenvalue weighted by Gasteiger charge is 2.38. The molecule has 60 heavy (non-hydrogen) atoms. The van der Waals surface area contributed by atoms with E-state index in [2.05, 4.69) is 232 Å². The average Bonchev–Trinajstić information content (AvgIpc) is 3.70. The number of fused-ring (bicyclic) bond motifs is 9. The van der Waals surface area contributed by atoms with E-state index < -0.39 is 8.07 Å². The molecule has 3 heteroatoms. The van der Waals surface area contributed by atoms with Crippen molar-refractivity contribution in [2.45, 2.75) is 45.8 Å². The van der Waals surface area contributed by atoms with E-state index in [9.17, 15) is 0 Å². The molecule has 1 aliphatic carbocycles. The molecule has 290 valence electrons. The molecule has 11 rings (SSSR count). The monoisotopic (exact) mass is 788 g/mol. The van der Waals surface area contributed by atoms with Crippen LogP contribution in [0, 0.1) is 6.92 Å². The van der Waals surface area contributed by atoms with Crippen molar-refractivity contribution in [2.24, 2.45) is 0 Å². The summed E-state index contributed by atoms with van der Waals surface area (Å²) >= 11 is 0. The molecule has 0 N–H and O–H groups in total. The molecule has 0 fully saturated rings. The predicted molar refractivity (Wildman–Crippen MR) is 261 cm³/mol. The van der Waals surface area contributed by atoms with Crippen molar-refractivity contribution in [3.05, 3.63) is 199 Å². The van der Waals surface area contributed by atoms with Crippen molar-refractivity contribution in [1.29, 1.82) is 0 Å². The lowest BCUT2D eigenvalue weighted by molar-refractivity contribution is 0.660. The Labute approximate surface area is 354 Å². The molecule has 0 aliphatic heterocycles. The van der Waals surface area contributed by atoms with E-state index in [0.717, 1.165) is 0 Å². The van der Waals surface area contributed by atoms with Gasteiger partial charge in [0.25, 0.3) is 0 Å². The fraction of sp³-hybridized carbons (Fsp3) is 0.123. The van der Waals surface area contributed by atoms with Crippen LogP contribution < -0.4 is 10.1 Å². The lowest BCUT2D eigenvalue weighted by Crippen LogP contribution is -2.37. The molecule has 9 aromatic carbocycles. The van der Waals surface area contributed by atoms with Crippen LogP contribution >= 0.6 is 0 Å². The van der Waals surface area contributed by atoms with Crippen LogP contribution in [0.1, 0.15) is 30.5 Å². The van der Waals surface area contributed by atoms with E-state index in [1.807, 2.05) is 0 Å². The first-order chi connectivity index (χ1) is 29.1. The third-order valence-electron chi connectivity index (χ3n) is 13.2. The van der Waals surface area contributed by atoms with Gasteiger partial charge < -0.3 is 9.47 Å². The van der Waals surface area contributed by atoms with Gasteiger partial charge in [-0.15, -0.1) is 0 Å². The second-order valence-corrected chi connectivity index (χ2v) is 23.4. The van der Waals surface area contributed by atoms with Crippen molar-refractivity contribution in [3.8, 4) is 27.9 Å². The number of nitrogens with zero attached hydrogens (tertiary/aromatic N) is 2. The van der Waals surface area contributed by atoms with E-state index in [-0.39, 0.29) is 5.41 Å². The van der Waals surface area contributed by atoms with Gasteiger partial charge in [-0.1, -0.05) is 166 Å². The van der Waals surface area contributed by atoms with E-state index in [1.54, 1.807) is 0 Å². The minimum Gasteiger partial charge on any atom is -0.309 e. The van der Waals surface area contributed by atoms with Crippen LogP contribution in [-0.2, 0) is 5.41 Å². The van der Waals surface area contributed by atoms with Gasteiger partial charge in [-0.25, -0.2) is 0 Å². The first-order valence-electron chi connectivity index (χ1n) is 21.3. The van der Waals surface area contributed by atoms with Crippen LogP contribution in [0.25, 0.3) is 71.3 Å². The summed E-state index contributed by atoms with van der Waals surface area (Å²) in [5.41, 5.74) is 16.1. The number of rotatable bonds is 6. The van der Waals surface area contributed by atoms with Crippen molar-refractivity contribution in [3.63, 3.8) is 0 Å². The topological polar surface area (TPSA) is 8.17 Å². The Morgan fingerprint density at radius 3 is 1.92 bits per heavy atom. The van der Waals surface area contributed by atoms with Gasteiger partial charge in [-0.3, -0.25) is 0 Å². The summed E-state index contributed by atoms with van der Waals surface area (Å²) in [6.07, 6.45) is 0. The maximum Gasteiger partial charge on any atom is 0.0775 e. The third kappa shape index (κ3) is 5.60. The fourth-order valence-electron chi connectivity index (χ4n) is 10.0. The van der Waals surface area contributed by atoms with Gasteiger partial charge in [0.15, 0.2) is 0 Å². The number of aryl methyl sites for hydroxylation is 1. The largest absolute Gasteiger partial charge is 0.309 e. The molecule has 0 bridgehead atoms. The molecule has 0 saturated heterocycles. The number of hydrogen-bond acceptors (Lipinski definition) is 1. The summed E-state index contributed by atoms with van der Waals surface area (Å²) < 4.78 is 2.48. The van der Waals surface area contributed by atoms with Gasteiger partial charge in [-0.2, -0.15) is 0 Å². The minimum atomic E-state index is -1.50. The second-order valence-electron chi connectivity index (χ2n) is 18.3. The summed E-state index contributed by atoms with van der Waals surface area (Å²) in [6.45, 7) is 14.3. The Bertz CT molecular complexity index is 3320. The summed E-state index contributed by atoms with van der Waals surface area (Å²) in [7, 11) is -1.50. The van der Waals surface area contributed by atoms with Gasteiger partial charge >= 0.3 is 0 Å². The van der Waals surface area contributed by atoms with Crippen LogP contribution in [0.3, 0.4) is 0 Å². The van der Waals surface area contributed by atoms with Crippen LogP contribution in [0.15, 0.2) is 182 Å². The molecule has 0 atom stereocenters. The zero-order valence-electron chi connectivity index (χ0n) is 35.2. The van der Waals surface area contributed by atoms with E-state index >= 15 is 0 Å². The molecule has 0 unspecified atom stereocenters. The minimum absolute atomic E-state index is 0.262. The SMILES string of the molecule is Cc1ccc2c(c1)c1cc(-c3ccccc3)ccc1n2-c1ccc2c(c1)C(C)(C)c1cc(N(c3ccc([Si](C)(C)C)cc3)c3cccc4ccccc34)c3ccccc3c1-2. The number of aromatic nitrogens is 1. The van der Waals surface area contributed by atoms with Crippen LogP contribution in [0.2, 0.25) is 19.6 Å². The summed E-state index contributed by atoms with van der Waals surface area (Å²) in [6, 6.07) is 68.4. The quantitative estimate of drug-likeness (QED) is 0.152. The first kappa shape index (κ1) is 36.4. The van der Waals surface area contributed by atoms with Crippen LogP contribution in [0.4, 0.5) is 17.1 Å². The van der Waals surface area contributed by atoms with Crippen LogP contribution in [0.5, 0.6) is 0 Å². The van der Waals surface area contributed by atoms with Gasteiger partial charge in [0.05, 0.1) is 30.5 Å². The average molecular weight is 789 g/mol. The molecule has 10 aromatic rings. The maximum absolute atomic E-state index is 2.52. The van der Waals surface area contributed by atoms with E-state index in [1.165, 1.54) is 110 Å². The van der Waals surface area contributed by atoms with Crippen molar-refractivity contribution in [2.75, 3.05) is 4.90 Å². The van der Waals surface area contributed by atoms with Crippen LogP contribution in [-0.4, -0.2) is 12.6 Å². The number of benzene rings is 9. The molecule has 1 aromatic heterocycles. The Hall–Kier alpha value is -6.68. The normalized spacial score (nSPS) is 13.3. The third-order valence-corrected chi connectivity index (χ3v) is 15.2. The molecule has 1 heterocycles. The number of hydrogen-bond donors (Lipinski definition) is 0. The smallest absolute Gasteiger partial charge is 0.0775 e. The molecular weight excluding hydrogens is 741 g/mol. The molecule has 0 radical (unpaired) electrons. The van der Waals surface area contributed by atoms with Gasteiger partial charge in [0, 0.05) is 38.3 Å². The van der Waals surface area contributed by atoms with Gasteiger partial charge in [-0.05, 0) is 112 Å². The van der Waals surface area contributed by atoms with Gasteiger partial charge in [0.2, 0.25) is 0 Å². The molecule has 0 spiro atoms. The first-order valence-corrected chi connectivity index (χ1v) is 24.8. The van der Waals surface area contributed by atoms with Crippen molar-refractivity contribution in [1.82, 2.24) is 4.57 Å². The molecule has 0 saturated carbocycles. The molecular formula is C57H48N2Si. The lowest BCUT2D eigenvalue weighted by atomic mass is 9.81. The van der Waals surface area contributed by atoms with Gasteiger partial charge in [0.1, 0.15) is 0 Å². The molecule has 0 amide bonds. The van der Waals surface area contributed by atoms with E-state index in [4.69, 9.17) is 0 Å². The zero-order chi connectivity index (χ0) is 40.9. The summed E-state index contributed by atoms with van der Waals surface area (Å²) in [4.78, 5) is 2.52. The van der Waals surface area contributed by atoms with Crippen molar-refractivity contribution >= 4 is 73.7 Å². The Kier molecular flexibility index (Phi) is 8.14. The molecule has 2 nitrogen and oxygen atoms in total. The van der Waals surface area contributed by atoms with Crippen molar-refractivity contribution < 1.29 is 0 Å². The fourth-order valence-corrected chi connectivity index (χ4v) is 11.2. The summed E-state index contributed by atoms with van der Waals surface area (Å²) in [5.74, 6) is 0. The maximum atomic E-state index is 2.52. The predicted octanol–water partition coefficient (Wildman–Crippen LogP) is 15.4. The second kappa shape index (κ2) is 13.4. The Morgan fingerprint density at radius 2 is 1.15 bits per heavy atom. The Balaban J connectivity index is 1.12. The highest BCUT2D eigenvalue weighted by molar-refractivity contribution is 6.88.